The molecule has 0 saturated heterocycles. The molecule has 108 valence electrons. The van der Waals surface area contributed by atoms with E-state index in [2.05, 4.69) is 4.98 Å². The SMILES string of the molecule is O=C(c1ccc(-c2cnc3cccc(F)c3c2)cc1)C1CC1. The molecule has 2 nitrogen and oxygen atoms in total. The molecule has 1 aliphatic carbocycles. The molecule has 1 aromatic heterocycles. The van der Waals surface area contributed by atoms with E-state index in [4.69, 9.17) is 0 Å². The second-order valence-corrected chi connectivity index (χ2v) is 5.75. The average molecular weight is 291 g/mol. The number of benzene rings is 2. The highest BCUT2D eigenvalue weighted by atomic mass is 19.1. The Kier molecular flexibility index (Phi) is 3.00. The van der Waals surface area contributed by atoms with Crippen molar-refractivity contribution >= 4 is 16.7 Å². The van der Waals surface area contributed by atoms with Gasteiger partial charge in [0.2, 0.25) is 0 Å². The van der Waals surface area contributed by atoms with Crippen molar-refractivity contribution < 1.29 is 9.18 Å². The fourth-order valence-corrected chi connectivity index (χ4v) is 2.68. The smallest absolute Gasteiger partial charge is 0.165 e. The van der Waals surface area contributed by atoms with Gasteiger partial charge in [0.1, 0.15) is 5.82 Å². The number of halogens is 1. The number of rotatable bonds is 3. The van der Waals surface area contributed by atoms with Gasteiger partial charge in [-0.15, -0.1) is 0 Å². The van der Waals surface area contributed by atoms with Crippen LogP contribution in [0.15, 0.2) is 54.7 Å². The highest BCUT2D eigenvalue weighted by Gasteiger charge is 2.30. The molecule has 1 heterocycles. The predicted molar refractivity (Wildman–Crippen MR) is 84.2 cm³/mol. The standard InChI is InChI=1S/C19H14FNO/c20-17-2-1-3-18-16(17)10-15(11-21-18)12-4-6-13(7-5-12)19(22)14-8-9-14/h1-7,10-11,14H,8-9H2. The van der Waals surface area contributed by atoms with Crippen molar-refractivity contribution in [2.75, 3.05) is 0 Å². The monoisotopic (exact) mass is 291 g/mol. The van der Waals surface area contributed by atoms with E-state index >= 15 is 0 Å². The molecule has 0 amide bonds. The summed E-state index contributed by atoms with van der Waals surface area (Å²) >= 11 is 0. The summed E-state index contributed by atoms with van der Waals surface area (Å²) in [6.07, 6.45) is 3.75. The van der Waals surface area contributed by atoms with Crippen LogP contribution < -0.4 is 0 Å². The van der Waals surface area contributed by atoms with Gasteiger partial charge in [-0.25, -0.2) is 4.39 Å². The van der Waals surface area contributed by atoms with Crippen LogP contribution in [0.25, 0.3) is 22.0 Å². The maximum atomic E-state index is 13.9. The minimum Gasteiger partial charge on any atom is -0.294 e. The molecular formula is C19H14FNO. The molecule has 0 unspecified atom stereocenters. The number of fused-ring (bicyclic) bond motifs is 1. The predicted octanol–water partition coefficient (Wildman–Crippen LogP) is 4.63. The van der Waals surface area contributed by atoms with Crippen LogP contribution in [0.3, 0.4) is 0 Å². The van der Waals surface area contributed by atoms with Gasteiger partial charge >= 0.3 is 0 Å². The molecule has 3 aromatic rings. The van der Waals surface area contributed by atoms with Crippen molar-refractivity contribution in [1.29, 1.82) is 0 Å². The molecule has 0 atom stereocenters. The Morgan fingerprint density at radius 2 is 1.82 bits per heavy atom. The van der Waals surface area contributed by atoms with Gasteiger partial charge in [-0.3, -0.25) is 9.78 Å². The van der Waals surface area contributed by atoms with Crippen LogP contribution in [0.4, 0.5) is 4.39 Å². The number of ketones is 1. The summed E-state index contributed by atoms with van der Waals surface area (Å²) in [5.74, 6) is 0.184. The Morgan fingerprint density at radius 3 is 2.55 bits per heavy atom. The number of Topliss-reactive ketones (excluding diaryl/α,β-unsaturated/α-hetero) is 1. The van der Waals surface area contributed by atoms with E-state index < -0.39 is 0 Å². The summed E-state index contributed by atoms with van der Waals surface area (Å²) in [6.45, 7) is 0. The van der Waals surface area contributed by atoms with Gasteiger partial charge < -0.3 is 0 Å². The highest BCUT2D eigenvalue weighted by molar-refractivity contribution is 5.99. The van der Waals surface area contributed by atoms with Crippen molar-refractivity contribution in [2.45, 2.75) is 12.8 Å². The first kappa shape index (κ1) is 13.1. The number of hydrogen-bond donors (Lipinski definition) is 0. The minimum absolute atomic E-state index is 0.224. The number of hydrogen-bond acceptors (Lipinski definition) is 2. The molecule has 3 heteroatoms. The summed E-state index contributed by atoms with van der Waals surface area (Å²) in [6, 6.07) is 14.2. The highest BCUT2D eigenvalue weighted by Crippen LogP contribution is 2.33. The fraction of sp³-hybridized carbons (Fsp3) is 0.158. The maximum Gasteiger partial charge on any atom is 0.165 e. The van der Waals surface area contributed by atoms with E-state index in [1.807, 2.05) is 24.3 Å². The van der Waals surface area contributed by atoms with Crippen LogP contribution in [-0.2, 0) is 0 Å². The lowest BCUT2D eigenvalue weighted by atomic mass is 10.0. The molecule has 0 N–H and O–H groups in total. The van der Waals surface area contributed by atoms with Crippen LogP contribution >= 0.6 is 0 Å². The van der Waals surface area contributed by atoms with E-state index in [0.717, 1.165) is 29.5 Å². The minimum atomic E-state index is -0.271. The van der Waals surface area contributed by atoms with Gasteiger partial charge in [0.05, 0.1) is 5.52 Å². The molecule has 0 aliphatic heterocycles. The number of carbonyl (C=O) groups excluding carboxylic acids is 1. The largest absolute Gasteiger partial charge is 0.294 e. The van der Waals surface area contributed by atoms with Gasteiger partial charge in [-0.05, 0) is 36.6 Å². The van der Waals surface area contributed by atoms with Crippen LogP contribution in [0.2, 0.25) is 0 Å². The summed E-state index contributed by atoms with van der Waals surface area (Å²) < 4.78 is 13.9. The van der Waals surface area contributed by atoms with Gasteiger partial charge in [0, 0.05) is 28.6 Å². The van der Waals surface area contributed by atoms with Crippen LogP contribution in [0, 0.1) is 11.7 Å². The normalized spacial score (nSPS) is 14.2. The third-order valence-electron chi connectivity index (χ3n) is 4.12. The van der Waals surface area contributed by atoms with Gasteiger partial charge in [-0.2, -0.15) is 0 Å². The lowest BCUT2D eigenvalue weighted by molar-refractivity contribution is 0.0967. The van der Waals surface area contributed by atoms with Crippen molar-refractivity contribution in [1.82, 2.24) is 4.98 Å². The third kappa shape index (κ3) is 2.29. The van der Waals surface area contributed by atoms with Crippen molar-refractivity contribution in [3.8, 4) is 11.1 Å². The van der Waals surface area contributed by atoms with Crippen molar-refractivity contribution in [3.63, 3.8) is 0 Å². The topological polar surface area (TPSA) is 30.0 Å². The number of pyridine rings is 1. The molecular weight excluding hydrogens is 277 g/mol. The molecule has 4 rings (SSSR count). The van der Waals surface area contributed by atoms with E-state index in [-0.39, 0.29) is 17.5 Å². The molecule has 0 spiro atoms. The zero-order valence-corrected chi connectivity index (χ0v) is 11.9. The summed E-state index contributed by atoms with van der Waals surface area (Å²) in [5.41, 5.74) is 3.18. The van der Waals surface area contributed by atoms with Gasteiger partial charge in [0.15, 0.2) is 5.78 Å². The van der Waals surface area contributed by atoms with E-state index in [0.29, 0.717) is 10.9 Å². The number of nitrogens with zero attached hydrogens (tertiary/aromatic N) is 1. The molecule has 1 saturated carbocycles. The molecule has 0 radical (unpaired) electrons. The first-order chi connectivity index (χ1) is 10.7. The second-order valence-electron chi connectivity index (χ2n) is 5.75. The van der Waals surface area contributed by atoms with Crippen LogP contribution in [0.1, 0.15) is 23.2 Å². The summed E-state index contributed by atoms with van der Waals surface area (Å²) in [7, 11) is 0. The van der Waals surface area contributed by atoms with Gasteiger partial charge in [-0.1, -0.05) is 30.3 Å². The Balaban J connectivity index is 1.72. The van der Waals surface area contributed by atoms with Crippen molar-refractivity contribution in [3.05, 3.63) is 66.1 Å². The molecule has 1 fully saturated rings. The first-order valence-corrected chi connectivity index (χ1v) is 7.41. The molecule has 2 aromatic carbocycles. The Labute approximate surface area is 127 Å². The average Bonchev–Trinajstić information content (AvgIpc) is 3.39. The fourth-order valence-electron chi connectivity index (χ4n) is 2.68. The zero-order chi connectivity index (χ0) is 15.1. The number of aromatic nitrogens is 1. The summed E-state index contributed by atoms with van der Waals surface area (Å²) in [4.78, 5) is 16.3. The molecule has 1 aliphatic rings. The van der Waals surface area contributed by atoms with E-state index in [9.17, 15) is 9.18 Å². The van der Waals surface area contributed by atoms with Crippen LogP contribution in [-0.4, -0.2) is 10.8 Å². The third-order valence-corrected chi connectivity index (χ3v) is 4.12. The first-order valence-electron chi connectivity index (χ1n) is 7.41. The lowest BCUT2D eigenvalue weighted by Gasteiger charge is -2.05. The summed E-state index contributed by atoms with van der Waals surface area (Å²) in [5, 5.41) is 0.512. The number of carbonyl (C=O) groups is 1. The Bertz CT molecular complexity index is 866. The molecule has 22 heavy (non-hydrogen) atoms. The van der Waals surface area contributed by atoms with Crippen LogP contribution in [0.5, 0.6) is 0 Å². The maximum absolute atomic E-state index is 13.9. The van der Waals surface area contributed by atoms with E-state index in [1.54, 1.807) is 24.4 Å². The lowest BCUT2D eigenvalue weighted by Crippen LogP contribution is -2.00. The zero-order valence-electron chi connectivity index (χ0n) is 11.9. The Hall–Kier alpha value is -2.55. The Morgan fingerprint density at radius 1 is 1.05 bits per heavy atom. The van der Waals surface area contributed by atoms with E-state index in [1.165, 1.54) is 6.07 Å². The second kappa shape index (κ2) is 5.02. The molecule has 0 bridgehead atoms. The van der Waals surface area contributed by atoms with Gasteiger partial charge in [0.25, 0.3) is 0 Å². The van der Waals surface area contributed by atoms with Crippen molar-refractivity contribution in [2.24, 2.45) is 5.92 Å². The quantitative estimate of drug-likeness (QED) is 0.658.